The van der Waals surface area contributed by atoms with Gasteiger partial charge in [0.05, 0.1) is 17.7 Å². The highest BCUT2D eigenvalue weighted by Crippen LogP contribution is 2.15. The normalized spacial score (nSPS) is 11.1. The SMILES string of the molecule is CCCCOCCOC(=O)c1ccccc1C(=O)O[Si](C)(C)C. The topological polar surface area (TPSA) is 61.8 Å². The minimum atomic E-state index is -2.03. The van der Waals surface area contributed by atoms with E-state index in [1.807, 2.05) is 19.6 Å². The van der Waals surface area contributed by atoms with Crippen molar-refractivity contribution in [3.05, 3.63) is 35.4 Å². The van der Waals surface area contributed by atoms with Crippen molar-refractivity contribution in [2.75, 3.05) is 19.8 Å². The van der Waals surface area contributed by atoms with Crippen molar-refractivity contribution in [1.29, 1.82) is 0 Å². The molecule has 5 nitrogen and oxygen atoms in total. The monoisotopic (exact) mass is 338 g/mol. The van der Waals surface area contributed by atoms with Crippen LogP contribution < -0.4 is 0 Å². The van der Waals surface area contributed by atoms with Gasteiger partial charge in [-0.25, -0.2) is 9.59 Å². The second kappa shape index (κ2) is 9.47. The molecular weight excluding hydrogens is 312 g/mol. The Kier molecular flexibility index (Phi) is 7.98. The van der Waals surface area contributed by atoms with Gasteiger partial charge in [0.15, 0.2) is 0 Å². The second-order valence-electron chi connectivity index (χ2n) is 6.15. The first-order valence-electron chi connectivity index (χ1n) is 7.92. The number of ether oxygens (including phenoxy) is 2. The third-order valence-electron chi connectivity index (χ3n) is 2.87. The fraction of sp³-hybridized carbons (Fsp3) is 0.529. The summed E-state index contributed by atoms with van der Waals surface area (Å²) < 4.78 is 16.0. The first kappa shape index (κ1) is 19.4. The van der Waals surface area contributed by atoms with E-state index in [0.29, 0.717) is 13.2 Å². The maximum atomic E-state index is 12.2. The number of benzene rings is 1. The van der Waals surface area contributed by atoms with Gasteiger partial charge in [0.25, 0.3) is 0 Å². The van der Waals surface area contributed by atoms with Gasteiger partial charge >= 0.3 is 11.9 Å². The smallest absolute Gasteiger partial charge is 0.339 e. The fourth-order valence-corrected chi connectivity index (χ4v) is 2.46. The molecule has 1 aromatic rings. The van der Waals surface area contributed by atoms with E-state index in [4.69, 9.17) is 13.9 Å². The summed E-state index contributed by atoms with van der Waals surface area (Å²) in [5, 5.41) is 0. The Labute approximate surface area is 139 Å². The molecule has 0 saturated heterocycles. The lowest BCUT2D eigenvalue weighted by Gasteiger charge is -2.18. The van der Waals surface area contributed by atoms with Gasteiger partial charge in [0, 0.05) is 6.61 Å². The zero-order valence-corrected chi connectivity index (χ0v) is 15.4. The van der Waals surface area contributed by atoms with Crippen molar-refractivity contribution in [1.82, 2.24) is 0 Å². The summed E-state index contributed by atoms with van der Waals surface area (Å²) in [5.74, 6) is -1.01. The summed E-state index contributed by atoms with van der Waals surface area (Å²) in [6.45, 7) is 9.01. The lowest BCUT2D eigenvalue weighted by Crippen LogP contribution is -2.30. The molecule has 0 spiro atoms. The highest BCUT2D eigenvalue weighted by molar-refractivity contribution is 6.71. The van der Waals surface area contributed by atoms with Crippen LogP contribution in [-0.2, 0) is 13.9 Å². The van der Waals surface area contributed by atoms with Crippen LogP contribution >= 0.6 is 0 Å². The van der Waals surface area contributed by atoms with Crippen LogP contribution in [-0.4, -0.2) is 40.1 Å². The van der Waals surface area contributed by atoms with Gasteiger partial charge < -0.3 is 13.9 Å². The molecular formula is C17H26O5Si. The first-order chi connectivity index (χ1) is 10.8. The molecule has 6 heteroatoms. The molecule has 0 aliphatic carbocycles. The van der Waals surface area contributed by atoms with Gasteiger partial charge in [-0.15, -0.1) is 0 Å². The summed E-state index contributed by atoms with van der Waals surface area (Å²) in [7, 11) is -2.03. The molecule has 1 rings (SSSR count). The third kappa shape index (κ3) is 7.43. The van der Waals surface area contributed by atoms with E-state index >= 15 is 0 Å². The molecule has 0 atom stereocenters. The predicted octanol–water partition coefficient (Wildman–Crippen LogP) is 3.65. The van der Waals surface area contributed by atoms with Crippen LogP contribution in [0.25, 0.3) is 0 Å². The highest BCUT2D eigenvalue weighted by Gasteiger charge is 2.24. The molecule has 0 aliphatic heterocycles. The van der Waals surface area contributed by atoms with Crippen LogP contribution in [0.5, 0.6) is 0 Å². The number of rotatable bonds is 9. The Morgan fingerprint density at radius 3 is 2.13 bits per heavy atom. The number of carbonyl (C=O) groups is 2. The molecule has 0 aromatic heterocycles. The van der Waals surface area contributed by atoms with Crippen molar-refractivity contribution in [2.45, 2.75) is 39.4 Å². The van der Waals surface area contributed by atoms with E-state index in [1.54, 1.807) is 24.3 Å². The lowest BCUT2D eigenvalue weighted by molar-refractivity contribution is 0.0310. The summed E-state index contributed by atoms with van der Waals surface area (Å²) in [6.07, 6.45) is 2.05. The van der Waals surface area contributed by atoms with Crippen molar-refractivity contribution in [3.63, 3.8) is 0 Å². The van der Waals surface area contributed by atoms with Crippen molar-refractivity contribution < 1.29 is 23.5 Å². The molecule has 0 unspecified atom stereocenters. The molecule has 0 radical (unpaired) electrons. The number of carbonyl (C=O) groups excluding carboxylic acids is 2. The minimum Gasteiger partial charge on any atom is -0.516 e. The minimum absolute atomic E-state index is 0.167. The zero-order valence-electron chi connectivity index (χ0n) is 14.4. The molecule has 0 bridgehead atoms. The molecule has 0 aliphatic rings. The Hall–Kier alpha value is -1.66. The van der Waals surface area contributed by atoms with E-state index < -0.39 is 20.3 Å². The molecule has 1 aromatic carbocycles. The highest BCUT2D eigenvalue weighted by atomic mass is 28.4. The van der Waals surface area contributed by atoms with Gasteiger partial charge in [0.1, 0.15) is 6.61 Å². The average Bonchev–Trinajstić information content (AvgIpc) is 2.49. The Balaban J connectivity index is 2.62. The maximum absolute atomic E-state index is 12.2. The Bertz CT molecular complexity index is 522. The zero-order chi connectivity index (χ0) is 17.3. The largest absolute Gasteiger partial charge is 0.516 e. The van der Waals surface area contributed by atoms with Crippen molar-refractivity contribution >= 4 is 20.3 Å². The number of unbranched alkanes of at least 4 members (excludes halogenated alkanes) is 1. The Morgan fingerprint density at radius 1 is 0.957 bits per heavy atom. The maximum Gasteiger partial charge on any atom is 0.339 e. The van der Waals surface area contributed by atoms with Gasteiger partial charge in [-0.3, -0.25) is 0 Å². The lowest BCUT2D eigenvalue weighted by atomic mass is 10.1. The van der Waals surface area contributed by atoms with E-state index in [0.717, 1.165) is 12.8 Å². The van der Waals surface area contributed by atoms with Gasteiger partial charge in [-0.05, 0) is 38.2 Å². The predicted molar refractivity (Wildman–Crippen MR) is 91.2 cm³/mol. The second-order valence-corrected chi connectivity index (χ2v) is 10.6. The van der Waals surface area contributed by atoms with Crippen LogP contribution in [0.1, 0.15) is 40.5 Å². The van der Waals surface area contributed by atoms with Crippen LogP contribution in [0, 0.1) is 0 Å². The quantitative estimate of drug-likeness (QED) is 0.391. The van der Waals surface area contributed by atoms with Gasteiger partial charge in [0.2, 0.25) is 8.32 Å². The Morgan fingerprint density at radius 2 is 1.57 bits per heavy atom. The van der Waals surface area contributed by atoms with Crippen LogP contribution in [0.2, 0.25) is 19.6 Å². The fourth-order valence-electron chi connectivity index (χ4n) is 1.79. The van der Waals surface area contributed by atoms with E-state index in [1.165, 1.54) is 0 Å². The number of hydrogen-bond donors (Lipinski definition) is 0. The standard InChI is InChI=1S/C17H26O5Si/c1-5-6-11-20-12-13-21-16(18)14-9-7-8-10-15(14)17(19)22-23(2,3)4/h7-10H,5-6,11-13H2,1-4H3. The van der Waals surface area contributed by atoms with Crippen molar-refractivity contribution in [3.8, 4) is 0 Å². The molecule has 0 N–H and O–H groups in total. The molecule has 128 valence electrons. The number of hydrogen-bond acceptors (Lipinski definition) is 5. The van der Waals surface area contributed by atoms with Crippen LogP contribution in [0.15, 0.2) is 24.3 Å². The summed E-state index contributed by atoms with van der Waals surface area (Å²) in [5.41, 5.74) is 0.469. The molecule has 0 heterocycles. The molecule has 0 fully saturated rings. The first-order valence-corrected chi connectivity index (χ1v) is 11.3. The number of esters is 1. The van der Waals surface area contributed by atoms with Crippen molar-refractivity contribution in [2.24, 2.45) is 0 Å². The summed E-state index contributed by atoms with van der Waals surface area (Å²) in [4.78, 5) is 24.4. The van der Waals surface area contributed by atoms with E-state index in [-0.39, 0.29) is 17.7 Å². The van der Waals surface area contributed by atoms with Crippen LogP contribution in [0.4, 0.5) is 0 Å². The molecule has 0 saturated carbocycles. The van der Waals surface area contributed by atoms with Crippen LogP contribution in [0.3, 0.4) is 0 Å². The van der Waals surface area contributed by atoms with E-state index in [2.05, 4.69) is 6.92 Å². The van der Waals surface area contributed by atoms with E-state index in [9.17, 15) is 9.59 Å². The summed E-state index contributed by atoms with van der Waals surface area (Å²) >= 11 is 0. The van der Waals surface area contributed by atoms with Gasteiger partial charge in [-0.2, -0.15) is 0 Å². The third-order valence-corrected chi connectivity index (χ3v) is 3.67. The molecule has 23 heavy (non-hydrogen) atoms. The average molecular weight is 338 g/mol. The molecule has 0 amide bonds. The van der Waals surface area contributed by atoms with Gasteiger partial charge in [-0.1, -0.05) is 25.5 Å². The summed E-state index contributed by atoms with van der Waals surface area (Å²) in [6, 6.07) is 6.54.